The topological polar surface area (TPSA) is 42.7 Å². The number of nitrogens with zero attached hydrogens (tertiary/aromatic N) is 3. The van der Waals surface area contributed by atoms with Gasteiger partial charge >= 0.3 is 0 Å². The molecule has 0 radical (unpaired) electrons. The Morgan fingerprint density at radius 2 is 2.00 bits per heavy atom. The first kappa shape index (κ1) is 15.6. The molecule has 2 rings (SSSR count). The van der Waals surface area contributed by atoms with Crippen LogP contribution in [0.4, 0.5) is 8.78 Å². The lowest BCUT2D eigenvalue weighted by Crippen LogP contribution is -2.25. The summed E-state index contributed by atoms with van der Waals surface area (Å²) in [6.45, 7) is 6.95. The molecule has 1 heterocycles. The summed E-state index contributed by atoms with van der Waals surface area (Å²) in [6, 6.07) is 2.24. The lowest BCUT2D eigenvalue weighted by molar-refractivity contribution is 0.479. The summed E-state index contributed by atoms with van der Waals surface area (Å²) in [6.07, 6.45) is 2.00. The second kappa shape index (κ2) is 6.76. The number of likely N-dealkylation sites (N-methyl/N-ethyl adjacent to an activating group) is 1. The van der Waals surface area contributed by atoms with Gasteiger partial charge in [0.15, 0.2) is 0 Å². The zero-order valence-corrected chi connectivity index (χ0v) is 12.5. The van der Waals surface area contributed by atoms with Crippen LogP contribution < -0.4 is 5.32 Å². The van der Waals surface area contributed by atoms with Gasteiger partial charge in [-0.3, -0.25) is 4.68 Å². The van der Waals surface area contributed by atoms with E-state index in [1.165, 1.54) is 6.33 Å². The maximum absolute atomic E-state index is 14.1. The maximum atomic E-state index is 14.1. The number of aryl methyl sites for hydroxylation is 2. The smallest absolute Gasteiger partial charge is 0.138 e. The molecule has 0 bridgehead atoms. The number of benzene rings is 1. The third-order valence-electron chi connectivity index (χ3n) is 3.49. The number of rotatable bonds is 6. The largest absolute Gasteiger partial charge is 0.310 e. The summed E-state index contributed by atoms with van der Waals surface area (Å²) in [5.74, 6) is -0.278. The second-order valence-corrected chi connectivity index (χ2v) is 4.93. The third kappa shape index (κ3) is 3.44. The van der Waals surface area contributed by atoms with E-state index in [2.05, 4.69) is 15.4 Å². The second-order valence-electron chi connectivity index (χ2n) is 4.93. The molecule has 4 nitrogen and oxygen atoms in total. The van der Waals surface area contributed by atoms with Crippen LogP contribution in [0.2, 0.25) is 0 Å². The summed E-state index contributed by atoms with van der Waals surface area (Å²) in [5.41, 5.74) is 0.896. The first-order valence-corrected chi connectivity index (χ1v) is 7.12. The van der Waals surface area contributed by atoms with Gasteiger partial charge in [-0.1, -0.05) is 6.92 Å². The molecule has 1 atom stereocenters. The monoisotopic (exact) mass is 294 g/mol. The molecule has 1 N–H and O–H groups in total. The van der Waals surface area contributed by atoms with Gasteiger partial charge in [0.2, 0.25) is 0 Å². The van der Waals surface area contributed by atoms with E-state index in [0.717, 1.165) is 11.9 Å². The molecule has 0 spiro atoms. The van der Waals surface area contributed by atoms with Crippen molar-refractivity contribution in [1.29, 1.82) is 0 Å². The molecule has 0 saturated heterocycles. The van der Waals surface area contributed by atoms with E-state index >= 15 is 0 Å². The molecule has 1 aromatic heterocycles. The Hall–Kier alpha value is -1.82. The van der Waals surface area contributed by atoms with Gasteiger partial charge < -0.3 is 5.32 Å². The molecular weight excluding hydrogens is 274 g/mol. The predicted molar refractivity (Wildman–Crippen MR) is 76.9 cm³/mol. The van der Waals surface area contributed by atoms with Gasteiger partial charge in [0, 0.05) is 30.6 Å². The summed E-state index contributed by atoms with van der Waals surface area (Å²) < 4.78 is 29.3. The van der Waals surface area contributed by atoms with Gasteiger partial charge in [0.05, 0.1) is 0 Å². The number of hydrogen-bond donors (Lipinski definition) is 1. The van der Waals surface area contributed by atoms with Gasteiger partial charge in [0.25, 0.3) is 0 Å². The molecule has 0 fully saturated rings. The van der Waals surface area contributed by atoms with Crippen molar-refractivity contribution >= 4 is 0 Å². The first-order chi connectivity index (χ1) is 10.1. The number of hydrogen-bond acceptors (Lipinski definition) is 3. The van der Waals surface area contributed by atoms with Crippen LogP contribution in [-0.2, 0) is 13.0 Å². The predicted octanol–water partition coefficient (Wildman–Crippen LogP) is 2.78. The fraction of sp³-hybridized carbons (Fsp3) is 0.467. The molecule has 0 saturated carbocycles. The Labute approximate surface area is 123 Å². The van der Waals surface area contributed by atoms with E-state index in [9.17, 15) is 8.78 Å². The van der Waals surface area contributed by atoms with Crippen LogP contribution in [0, 0.1) is 18.6 Å². The van der Waals surface area contributed by atoms with E-state index in [0.29, 0.717) is 30.6 Å². The van der Waals surface area contributed by atoms with Gasteiger partial charge in [-0.2, -0.15) is 5.10 Å². The number of halogens is 2. The molecule has 0 aliphatic carbocycles. The molecule has 2 aromatic rings. The fourth-order valence-electron chi connectivity index (χ4n) is 2.38. The van der Waals surface area contributed by atoms with Gasteiger partial charge in [-0.05, 0) is 32.0 Å². The molecule has 0 aliphatic heterocycles. The van der Waals surface area contributed by atoms with Crippen LogP contribution in [0.15, 0.2) is 18.5 Å². The highest BCUT2D eigenvalue weighted by molar-refractivity contribution is 5.29. The van der Waals surface area contributed by atoms with Gasteiger partial charge in [-0.15, -0.1) is 0 Å². The van der Waals surface area contributed by atoms with E-state index in [-0.39, 0.29) is 6.04 Å². The van der Waals surface area contributed by atoms with Gasteiger partial charge in [-0.25, -0.2) is 13.8 Å². The van der Waals surface area contributed by atoms with Crippen molar-refractivity contribution in [1.82, 2.24) is 20.1 Å². The van der Waals surface area contributed by atoms with Crippen molar-refractivity contribution in [2.24, 2.45) is 0 Å². The van der Waals surface area contributed by atoms with Crippen molar-refractivity contribution in [2.45, 2.75) is 39.8 Å². The van der Waals surface area contributed by atoms with Gasteiger partial charge in [0.1, 0.15) is 23.8 Å². The first-order valence-electron chi connectivity index (χ1n) is 7.12. The normalized spacial score (nSPS) is 12.6. The summed E-state index contributed by atoms with van der Waals surface area (Å²) >= 11 is 0. The fourth-order valence-corrected chi connectivity index (χ4v) is 2.38. The molecule has 21 heavy (non-hydrogen) atoms. The molecular formula is C15H20F2N4. The Morgan fingerprint density at radius 3 is 2.67 bits per heavy atom. The molecule has 114 valence electrons. The standard InChI is InChI=1S/C15H20F2N4/c1-4-18-14(8-15-19-9-20-21(15)5-2)11-6-10(3)12(16)7-13(11)17/h6-7,9,14,18H,4-5,8H2,1-3H3. The van der Waals surface area contributed by atoms with Crippen LogP contribution in [0.25, 0.3) is 0 Å². The van der Waals surface area contributed by atoms with Crippen molar-refractivity contribution in [2.75, 3.05) is 6.54 Å². The number of aromatic nitrogens is 3. The minimum absolute atomic E-state index is 0.260. The minimum atomic E-state index is -0.536. The summed E-state index contributed by atoms with van der Waals surface area (Å²) in [5, 5.41) is 7.35. The van der Waals surface area contributed by atoms with E-state index < -0.39 is 11.6 Å². The van der Waals surface area contributed by atoms with Crippen LogP contribution in [0.3, 0.4) is 0 Å². The Balaban J connectivity index is 2.33. The van der Waals surface area contributed by atoms with Crippen molar-refractivity contribution < 1.29 is 8.78 Å². The molecule has 1 unspecified atom stereocenters. The van der Waals surface area contributed by atoms with E-state index in [1.54, 1.807) is 17.7 Å². The van der Waals surface area contributed by atoms with Crippen LogP contribution in [0.1, 0.15) is 36.8 Å². The summed E-state index contributed by atoms with van der Waals surface area (Å²) in [7, 11) is 0. The number of nitrogens with one attached hydrogen (secondary N) is 1. The van der Waals surface area contributed by atoms with E-state index in [1.807, 2.05) is 13.8 Å². The molecule has 0 amide bonds. The van der Waals surface area contributed by atoms with Crippen molar-refractivity contribution in [3.05, 3.63) is 47.0 Å². The third-order valence-corrected chi connectivity index (χ3v) is 3.49. The Morgan fingerprint density at radius 1 is 1.24 bits per heavy atom. The van der Waals surface area contributed by atoms with E-state index in [4.69, 9.17) is 0 Å². The maximum Gasteiger partial charge on any atom is 0.138 e. The average Bonchev–Trinajstić information content (AvgIpc) is 2.89. The highest BCUT2D eigenvalue weighted by atomic mass is 19.1. The quantitative estimate of drug-likeness (QED) is 0.891. The van der Waals surface area contributed by atoms with Crippen molar-refractivity contribution in [3.8, 4) is 0 Å². The molecule has 6 heteroatoms. The highest BCUT2D eigenvalue weighted by Crippen LogP contribution is 2.23. The lowest BCUT2D eigenvalue weighted by Gasteiger charge is -2.19. The molecule has 1 aromatic carbocycles. The van der Waals surface area contributed by atoms with Crippen molar-refractivity contribution in [3.63, 3.8) is 0 Å². The zero-order valence-electron chi connectivity index (χ0n) is 12.5. The Bertz CT molecular complexity index is 610. The lowest BCUT2D eigenvalue weighted by atomic mass is 10.00. The Kier molecular flexibility index (Phi) is 5.01. The van der Waals surface area contributed by atoms with Crippen LogP contribution in [0.5, 0.6) is 0 Å². The van der Waals surface area contributed by atoms with Crippen LogP contribution >= 0.6 is 0 Å². The highest BCUT2D eigenvalue weighted by Gasteiger charge is 2.19. The van der Waals surface area contributed by atoms with Crippen LogP contribution in [-0.4, -0.2) is 21.3 Å². The molecule has 0 aliphatic rings. The SMILES string of the molecule is CCNC(Cc1ncnn1CC)c1cc(C)c(F)cc1F. The zero-order chi connectivity index (χ0) is 15.4. The average molecular weight is 294 g/mol. The summed E-state index contributed by atoms with van der Waals surface area (Å²) in [4.78, 5) is 4.22. The minimum Gasteiger partial charge on any atom is -0.310 e.